The summed E-state index contributed by atoms with van der Waals surface area (Å²) < 4.78 is 7.37. The van der Waals surface area contributed by atoms with Crippen LogP contribution in [0.15, 0.2) is 54.7 Å². The third-order valence-electron chi connectivity index (χ3n) is 7.71. The third-order valence-corrected chi connectivity index (χ3v) is 7.71. The van der Waals surface area contributed by atoms with E-state index >= 15 is 0 Å². The minimum atomic E-state index is 0.388. The Morgan fingerprint density at radius 2 is 1.75 bits per heavy atom. The van der Waals surface area contributed by atoms with Gasteiger partial charge in [-0.05, 0) is 60.4 Å². The Morgan fingerprint density at radius 3 is 2.53 bits per heavy atom. The Morgan fingerprint density at radius 1 is 0.972 bits per heavy atom. The van der Waals surface area contributed by atoms with Crippen molar-refractivity contribution in [2.45, 2.75) is 46.1 Å². The Hall–Kier alpha value is -3.61. The van der Waals surface area contributed by atoms with Crippen LogP contribution >= 0.6 is 0 Å². The molecule has 36 heavy (non-hydrogen) atoms. The van der Waals surface area contributed by atoms with Crippen LogP contribution in [0.4, 0.5) is 17.3 Å². The van der Waals surface area contributed by atoms with Crippen LogP contribution in [-0.2, 0) is 13.0 Å². The van der Waals surface area contributed by atoms with Gasteiger partial charge < -0.3 is 14.5 Å². The second kappa shape index (κ2) is 9.12. The third kappa shape index (κ3) is 4.27. The van der Waals surface area contributed by atoms with Gasteiger partial charge in [-0.3, -0.25) is 0 Å². The van der Waals surface area contributed by atoms with Crippen molar-refractivity contribution in [1.29, 1.82) is 0 Å². The van der Waals surface area contributed by atoms with Gasteiger partial charge in [-0.1, -0.05) is 44.2 Å². The quantitative estimate of drug-likeness (QED) is 0.369. The number of aryl methyl sites for hydroxylation is 1. The molecular weight excluding hydrogens is 448 g/mol. The average Bonchev–Trinajstić information content (AvgIpc) is 3.26. The van der Waals surface area contributed by atoms with Crippen molar-refractivity contribution in [3.8, 4) is 5.75 Å². The van der Waals surface area contributed by atoms with Crippen LogP contribution in [0.5, 0.6) is 5.75 Å². The topological polar surface area (TPSA) is 59.3 Å². The second-order valence-electron chi connectivity index (χ2n) is 10.8. The number of hydrogen-bond donors (Lipinski definition) is 0. The molecule has 6 rings (SSSR count). The molecule has 0 amide bonds. The summed E-state index contributed by atoms with van der Waals surface area (Å²) in [4.78, 5) is 14.8. The highest BCUT2D eigenvalue weighted by molar-refractivity contribution is 5.88. The van der Waals surface area contributed by atoms with Crippen LogP contribution < -0.4 is 14.5 Å². The molecule has 2 aromatic carbocycles. The van der Waals surface area contributed by atoms with Crippen LogP contribution in [-0.4, -0.2) is 46.5 Å². The van der Waals surface area contributed by atoms with Gasteiger partial charge in [-0.15, -0.1) is 0 Å². The summed E-state index contributed by atoms with van der Waals surface area (Å²) in [5.74, 6) is 2.69. The lowest BCUT2D eigenvalue weighted by Gasteiger charge is -2.37. The fourth-order valence-electron chi connectivity index (χ4n) is 5.36. The van der Waals surface area contributed by atoms with E-state index in [9.17, 15) is 0 Å². The average molecular weight is 483 g/mol. The molecule has 0 aliphatic carbocycles. The highest BCUT2D eigenvalue weighted by Gasteiger charge is 2.28. The fraction of sp³-hybridized carbons (Fsp3) is 0.414. The summed E-state index contributed by atoms with van der Waals surface area (Å²) in [6.45, 7) is 8.27. The van der Waals surface area contributed by atoms with Gasteiger partial charge in [0.15, 0.2) is 17.0 Å². The van der Waals surface area contributed by atoms with Crippen LogP contribution in [0.1, 0.15) is 44.2 Å². The number of nitrogens with zero attached hydrogens (tertiary/aromatic N) is 6. The molecular formula is C29H34N6O. The van der Waals surface area contributed by atoms with Gasteiger partial charge in [-0.25, -0.2) is 14.6 Å². The molecule has 0 saturated carbocycles. The van der Waals surface area contributed by atoms with Gasteiger partial charge in [0, 0.05) is 25.3 Å². The van der Waals surface area contributed by atoms with Crippen molar-refractivity contribution < 1.29 is 4.74 Å². The van der Waals surface area contributed by atoms with Gasteiger partial charge in [-0.2, -0.15) is 5.10 Å². The molecule has 0 spiro atoms. The van der Waals surface area contributed by atoms with Crippen molar-refractivity contribution in [3.05, 3.63) is 65.9 Å². The minimum absolute atomic E-state index is 0.388. The van der Waals surface area contributed by atoms with E-state index in [0.29, 0.717) is 12.0 Å². The maximum absolute atomic E-state index is 5.35. The smallest absolute Gasteiger partial charge is 0.183 e. The van der Waals surface area contributed by atoms with E-state index < -0.39 is 0 Å². The number of fused-ring (bicyclic) bond motifs is 2. The number of piperidine rings is 1. The molecule has 0 N–H and O–H groups in total. The number of para-hydroxylation sites is 1. The first-order valence-corrected chi connectivity index (χ1v) is 13.0. The lowest BCUT2D eigenvalue weighted by atomic mass is 9.83. The number of benzene rings is 2. The minimum Gasteiger partial charge on any atom is -0.497 e. The SMILES string of the molecule is COc1ccc(Cn2nc(N3CCCc4ccccc43)c3ncc(N4CCC(C)(C)CC4)nc32)cc1. The predicted octanol–water partition coefficient (Wildman–Crippen LogP) is 5.59. The standard InChI is InChI=1S/C29H34N6O/c1-29(2)14-17-33(18-15-29)25-19-30-26-27(31-25)35(20-21-10-12-23(36-3)13-11-21)32-28(26)34-16-6-8-22-7-4-5-9-24(22)34/h4-5,7,9-13,19H,6,8,14-18,20H2,1-3H3. The zero-order valence-corrected chi connectivity index (χ0v) is 21.4. The monoisotopic (exact) mass is 482 g/mol. The van der Waals surface area contributed by atoms with Crippen molar-refractivity contribution in [3.63, 3.8) is 0 Å². The van der Waals surface area contributed by atoms with Gasteiger partial charge >= 0.3 is 0 Å². The first-order valence-electron chi connectivity index (χ1n) is 13.0. The molecule has 186 valence electrons. The lowest BCUT2D eigenvalue weighted by Crippen LogP contribution is -2.37. The highest BCUT2D eigenvalue weighted by atomic mass is 16.5. The van der Waals surface area contributed by atoms with Crippen molar-refractivity contribution in [2.75, 3.05) is 36.5 Å². The molecule has 0 bridgehead atoms. The molecule has 4 aromatic rings. The first-order chi connectivity index (χ1) is 17.5. The number of anilines is 3. The Bertz CT molecular complexity index is 1370. The Balaban J connectivity index is 1.42. The molecule has 2 aromatic heterocycles. The lowest BCUT2D eigenvalue weighted by molar-refractivity contribution is 0.279. The van der Waals surface area contributed by atoms with Crippen molar-refractivity contribution >= 4 is 28.5 Å². The highest BCUT2D eigenvalue weighted by Crippen LogP contribution is 2.37. The van der Waals surface area contributed by atoms with Crippen LogP contribution in [0.25, 0.3) is 11.2 Å². The van der Waals surface area contributed by atoms with E-state index in [4.69, 9.17) is 19.8 Å². The van der Waals surface area contributed by atoms with E-state index in [1.807, 2.05) is 23.0 Å². The Labute approximate surface area is 212 Å². The summed E-state index contributed by atoms with van der Waals surface area (Å²) >= 11 is 0. The second-order valence-corrected chi connectivity index (χ2v) is 10.8. The van der Waals surface area contributed by atoms with Crippen molar-refractivity contribution in [2.24, 2.45) is 5.41 Å². The molecule has 0 unspecified atom stereocenters. The predicted molar refractivity (Wildman–Crippen MR) is 144 cm³/mol. The van der Waals surface area contributed by atoms with Gasteiger partial charge in [0.2, 0.25) is 0 Å². The molecule has 0 atom stereocenters. The summed E-state index contributed by atoms with van der Waals surface area (Å²) in [6.07, 6.45) is 6.46. The molecule has 1 saturated heterocycles. The van der Waals surface area contributed by atoms with Crippen LogP contribution in [0.2, 0.25) is 0 Å². The van der Waals surface area contributed by atoms with E-state index in [2.05, 4.69) is 60.0 Å². The first kappa shape index (κ1) is 22.8. The number of hydrogen-bond acceptors (Lipinski definition) is 6. The Kier molecular flexibility index (Phi) is 5.78. The van der Waals surface area contributed by atoms with E-state index in [-0.39, 0.29) is 0 Å². The van der Waals surface area contributed by atoms with Crippen molar-refractivity contribution in [1.82, 2.24) is 19.7 Å². The molecule has 4 heterocycles. The fourth-order valence-corrected chi connectivity index (χ4v) is 5.36. The normalized spacial score (nSPS) is 17.3. The van der Waals surface area contributed by atoms with Gasteiger partial charge in [0.25, 0.3) is 0 Å². The number of aromatic nitrogens is 4. The molecule has 7 heteroatoms. The zero-order chi connectivity index (χ0) is 24.7. The van der Waals surface area contributed by atoms with Crippen LogP contribution in [0.3, 0.4) is 0 Å². The summed E-state index contributed by atoms with van der Waals surface area (Å²) in [5.41, 5.74) is 5.83. The zero-order valence-electron chi connectivity index (χ0n) is 21.4. The molecule has 7 nitrogen and oxygen atoms in total. The van der Waals surface area contributed by atoms with E-state index in [1.165, 1.54) is 11.3 Å². The molecule has 2 aliphatic rings. The van der Waals surface area contributed by atoms with Crippen LogP contribution in [0, 0.1) is 5.41 Å². The molecule has 2 aliphatic heterocycles. The summed E-state index contributed by atoms with van der Waals surface area (Å²) in [7, 11) is 1.69. The van der Waals surface area contributed by atoms with Gasteiger partial charge in [0.1, 0.15) is 11.6 Å². The largest absolute Gasteiger partial charge is 0.497 e. The maximum atomic E-state index is 5.35. The van der Waals surface area contributed by atoms with Gasteiger partial charge in [0.05, 0.1) is 19.9 Å². The molecule has 0 radical (unpaired) electrons. The van der Waals surface area contributed by atoms with E-state index in [1.54, 1.807) is 7.11 Å². The summed E-state index contributed by atoms with van der Waals surface area (Å²) in [6, 6.07) is 16.8. The number of rotatable bonds is 5. The number of ether oxygens (including phenoxy) is 1. The van der Waals surface area contributed by atoms with E-state index in [0.717, 1.165) is 79.4 Å². The maximum Gasteiger partial charge on any atom is 0.183 e. The summed E-state index contributed by atoms with van der Waals surface area (Å²) in [5, 5.41) is 5.13. The number of methoxy groups -OCH3 is 1. The molecule has 1 fully saturated rings.